The van der Waals surface area contributed by atoms with Crippen molar-refractivity contribution in [1.82, 2.24) is 10.2 Å². The largest absolute Gasteiger partial charge is 0.381 e. The summed E-state index contributed by atoms with van der Waals surface area (Å²) in [5.74, 6) is 3.63. The molecule has 4 nitrogen and oxygen atoms in total. The van der Waals surface area contributed by atoms with E-state index in [1.54, 1.807) is 0 Å². The van der Waals surface area contributed by atoms with E-state index in [-0.39, 0.29) is 0 Å². The zero-order chi connectivity index (χ0) is 15.9. The van der Waals surface area contributed by atoms with E-state index >= 15 is 0 Å². The van der Waals surface area contributed by atoms with Crippen LogP contribution < -0.4 is 5.32 Å². The fourth-order valence-electron chi connectivity index (χ4n) is 3.20. The number of guanidine groups is 1. The molecule has 2 aliphatic rings. The standard InChI is InChI=1S/C18H27N3OS/c1-19-18(20-11-15-8-10-22-13-15)21-9-7-16(12-21)14-23-17-5-3-2-4-6-17/h2-6,15-16H,7-14H2,1H3,(H,19,20). The Kier molecular flexibility index (Phi) is 6.22. The summed E-state index contributed by atoms with van der Waals surface area (Å²) in [6.45, 7) is 5.00. The van der Waals surface area contributed by atoms with Gasteiger partial charge in [-0.25, -0.2) is 0 Å². The van der Waals surface area contributed by atoms with Crippen LogP contribution in [0.5, 0.6) is 0 Å². The van der Waals surface area contributed by atoms with E-state index in [2.05, 4.69) is 45.5 Å². The lowest BCUT2D eigenvalue weighted by atomic mass is 10.1. The maximum absolute atomic E-state index is 5.44. The van der Waals surface area contributed by atoms with Crippen molar-refractivity contribution in [2.24, 2.45) is 16.8 Å². The Morgan fingerprint density at radius 2 is 2.17 bits per heavy atom. The zero-order valence-corrected chi connectivity index (χ0v) is 14.7. The summed E-state index contributed by atoms with van der Waals surface area (Å²) in [5.41, 5.74) is 0. The first-order chi connectivity index (χ1) is 11.3. The number of rotatable bonds is 5. The van der Waals surface area contributed by atoms with Crippen LogP contribution in [0.4, 0.5) is 0 Å². The molecule has 0 spiro atoms. The van der Waals surface area contributed by atoms with Crippen LogP contribution in [0.15, 0.2) is 40.2 Å². The van der Waals surface area contributed by atoms with Gasteiger partial charge in [0.05, 0.1) is 6.61 Å². The van der Waals surface area contributed by atoms with Crippen molar-refractivity contribution in [2.75, 3.05) is 45.6 Å². The van der Waals surface area contributed by atoms with Crippen LogP contribution in [-0.4, -0.2) is 56.5 Å². The van der Waals surface area contributed by atoms with Gasteiger partial charge in [-0.2, -0.15) is 0 Å². The van der Waals surface area contributed by atoms with Gasteiger partial charge in [-0.05, 0) is 30.9 Å². The molecule has 2 fully saturated rings. The van der Waals surface area contributed by atoms with Crippen molar-refractivity contribution in [3.63, 3.8) is 0 Å². The lowest BCUT2D eigenvalue weighted by Crippen LogP contribution is -2.42. The first kappa shape index (κ1) is 16.7. The van der Waals surface area contributed by atoms with Crippen molar-refractivity contribution in [3.05, 3.63) is 30.3 Å². The van der Waals surface area contributed by atoms with E-state index in [0.29, 0.717) is 5.92 Å². The summed E-state index contributed by atoms with van der Waals surface area (Å²) in [6, 6.07) is 10.7. The Morgan fingerprint density at radius 3 is 2.91 bits per heavy atom. The van der Waals surface area contributed by atoms with Gasteiger partial charge in [-0.15, -0.1) is 11.8 Å². The van der Waals surface area contributed by atoms with Crippen LogP contribution in [0.3, 0.4) is 0 Å². The number of nitrogens with zero attached hydrogens (tertiary/aromatic N) is 2. The SMILES string of the molecule is CN=C(NCC1CCOC1)N1CCC(CSc2ccccc2)C1. The maximum atomic E-state index is 5.44. The molecule has 126 valence electrons. The molecule has 23 heavy (non-hydrogen) atoms. The summed E-state index contributed by atoms with van der Waals surface area (Å²) in [5, 5.41) is 3.54. The Bertz CT molecular complexity index is 502. The quantitative estimate of drug-likeness (QED) is 0.511. The third-order valence-electron chi connectivity index (χ3n) is 4.60. The highest BCUT2D eigenvalue weighted by Gasteiger charge is 2.25. The van der Waals surface area contributed by atoms with E-state index in [1.807, 2.05) is 18.8 Å². The molecule has 3 rings (SSSR count). The average Bonchev–Trinajstić information content (AvgIpc) is 3.26. The summed E-state index contributed by atoms with van der Waals surface area (Å²) in [6.07, 6.45) is 2.42. The van der Waals surface area contributed by atoms with Crippen molar-refractivity contribution < 1.29 is 4.74 Å². The molecule has 0 aliphatic carbocycles. The van der Waals surface area contributed by atoms with Gasteiger partial charge in [0.15, 0.2) is 5.96 Å². The number of aliphatic imine (C=N–C) groups is 1. The molecule has 0 bridgehead atoms. The number of benzene rings is 1. The number of ether oxygens (including phenoxy) is 1. The Morgan fingerprint density at radius 1 is 1.30 bits per heavy atom. The molecule has 2 heterocycles. The van der Waals surface area contributed by atoms with E-state index < -0.39 is 0 Å². The Hall–Kier alpha value is -1.20. The van der Waals surface area contributed by atoms with E-state index in [0.717, 1.165) is 44.7 Å². The van der Waals surface area contributed by atoms with Crippen LogP contribution in [0.25, 0.3) is 0 Å². The lowest BCUT2D eigenvalue weighted by Gasteiger charge is -2.23. The highest BCUT2D eigenvalue weighted by atomic mass is 32.2. The van der Waals surface area contributed by atoms with Crippen molar-refractivity contribution in [3.8, 4) is 0 Å². The molecular weight excluding hydrogens is 306 g/mol. The number of hydrogen-bond donors (Lipinski definition) is 1. The monoisotopic (exact) mass is 333 g/mol. The van der Waals surface area contributed by atoms with Gasteiger partial charge < -0.3 is 15.0 Å². The summed E-state index contributed by atoms with van der Waals surface area (Å²) in [7, 11) is 1.89. The number of likely N-dealkylation sites (tertiary alicyclic amines) is 1. The van der Waals surface area contributed by atoms with Gasteiger partial charge in [-0.1, -0.05) is 18.2 Å². The zero-order valence-electron chi connectivity index (χ0n) is 13.9. The average molecular weight is 334 g/mol. The van der Waals surface area contributed by atoms with E-state index in [9.17, 15) is 0 Å². The molecule has 2 unspecified atom stereocenters. The molecule has 2 saturated heterocycles. The topological polar surface area (TPSA) is 36.9 Å². The smallest absolute Gasteiger partial charge is 0.193 e. The minimum Gasteiger partial charge on any atom is -0.381 e. The Labute approximate surface area is 143 Å². The van der Waals surface area contributed by atoms with Crippen LogP contribution in [0, 0.1) is 11.8 Å². The highest BCUT2D eigenvalue weighted by Crippen LogP contribution is 2.25. The molecule has 2 aliphatic heterocycles. The molecule has 2 atom stereocenters. The molecule has 1 aromatic carbocycles. The Balaban J connectivity index is 1.42. The normalized spacial score (nSPS) is 25.1. The summed E-state index contributed by atoms with van der Waals surface area (Å²) in [4.78, 5) is 8.25. The van der Waals surface area contributed by atoms with Crippen LogP contribution >= 0.6 is 11.8 Å². The number of hydrogen-bond acceptors (Lipinski definition) is 3. The molecule has 0 radical (unpaired) electrons. The second-order valence-corrected chi connectivity index (χ2v) is 7.48. The lowest BCUT2D eigenvalue weighted by molar-refractivity contribution is 0.186. The first-order valence-electron chi connectivity index (χ1n) is 8.56. The van der Waals surface area contributed by atoms with Crippen LogP contribution in [-0.2, 0) is 4.74 Å². The number of thioether (sulfide) groups is 1. The van der Waals surface area contributed by atoms with E-state index in [4.69, 9.17) is 4.74 Å². The molecule has 0 amide bonds. The second kappa shape index (κ2) is 8.60. The molecule has 1 aromatic rings. The summed E-state index contributed by atoms with van der Waals surface area (Å²) >= 11 is 1.97. The predicted molar refractivity (Wildman–Crippen MR) is 97.1 cm³/mol. The van der Waals surface area contributed by atoms with Gasteiger partial charge in [0, 0.05) is 49.9 Å². The fraction of sp³-hybridized carbons (Fsp3) is 0.611. The minimum atomic E-state index is 0.638. The van der Waals surface area contributed by atoms with Crippen molar-refractivity contribution >= 4 is 17.7 Å². The van der Waals surface area contributed by atoms with Crippen molar-refractivity contribution in [1.29, 1.82) is 0 Å². The molecule has 5 heteroatoms. The predicted octanol–water partition coefficient (Wildman–Crippen LogP) is 2.71. The third kappa shape index (κ3) is 4.88. The molecule has 0 aromatic heterocycles. The molecule has 1 N–H and O–H groups in total. The van der Waals surface area contributed by atoms with Gasteiger partial charge in [-0.3, -0.25) is 4.99 Å². The third-order valence-corrected chi connectivity index (χ3v) is 5.84. The summed E-state index contributed by atoms with van der Waals surface area (Å²) < 4.78 is 5.44. The first-order valence-corrected chi connectivity index (χ1v) is 9.55. The minimum absolute atomic E-state index is 0.638. The number of nitrogens with one attached hydrogen (secondary N) is 1. The second-order valence-electron chi connectivity index (χ2n) is 6.38. The molecular formula is C18H27N3OS. The maximum Gasteiger partial charge on any atom is 0.193 e. The van der Waals surface area contributed by atoms with Gasteiger partial charge in [0.2, 0.25) is 0 Å². The van der Waals surface area contributed by atoms with E-state index in [1.165, 1.54) is 23.5 Å². The van der Waals surface area contributed by atoms with Gasteiger partial charge in [0.25, 0.3) is 0 Å². The fourth-order valence-corrected chi connectivity index (χ4v) is 4.25. The van der Waals surface area contributed by atoms with Gasteiger partial charge in [0.1, 0.15) is 0 Å². The molecule has 0 saturated carbocycles. The van der Waals surface area contributed by atoms with Crippen LogP contribution in [0.1, 0.15) is 12.8 Å². The van der Waals surface area contributed by atoms with Crippen LogP contribution in [0.2, 0.25) is 0 Å². The van der Waals surface area contributed by atoms with Gasteiger partial charge >= 0.3 is 0 Å². The highest BCUT2D eigenvalue weighted by molar-refractivity contribution is 7.99. The van der Waals surface area contributed by atoms with Crippen molar-refractivity contribution in [2.45, 2.75) is 17.7 Å².